The van der Waals surface area contributed by atoms with Gasteiger partial charge in [0.15, 0.2) is 11.6 Å². The van der Waals surface area contributed by atoms with Crippen molar-refractivity contribution in [1.82, 2.24) is 4.90 Å². The lowest BCUT2D eigenvalue weighted by molar-refractivity contribution is -0.0283. The highest BCUT2D eigenvalue weighted by molar-refractivity contribution is 5.95. The molecule has 1 fully saturated rings. The number of nitrogens with zero attached hydrogens (tertiary/aromatic N) is 1. The average molecular weight is 333 g/mol. The van der Waals surface area contributed by atoms with E-state index in [1.54, 1.807) is 0 Å². The summed E-state index contributed by atoms with van der Waals surface area (Å²) in [6, 6.07) is 9.14. The second-order valence-electron chi connectivity index (χ2n) is 6.14. The number of rotatable bonds is 1. The summed E-state index contributed by atoms with van der Waals surface area (Å²) in [4.78, 5) is 13.8. The lowest BCUT2D eigenvalue weighted by Gasteiger charge is -2.25. The molecule has 124 valence electrons. The topological polar surface area (TPSA) is 29.5 Å². The number of carbonyl (C=O) groups excluding carboxylic acids is 1. The normalized spacial score (nSPS) is 22.2. The standard InChI is InChI=1S/C18H14F3NO2/c19-13-5-6-14(20)16(21)15(13)17(23)22-8-7-18(10-22)12-4-2-1-3-11(12)9-24-18/h1-6H,7-10H2. The van der Waals surface area contributed by atoms with Crippen molar-refractivity contribution in [3.8, 4) is 0 Å². The molecule has 1 atom stereocenters. The number of hydrogen-bond acceptors (Lipinski definition) is 2. The largest absolute Gasteiger partial charge is 0.364 e. The first-order chi connectivity index (χ1) is 11.5. The van der Waals surface area contributed by atoms with Crippen LogP contribution in [0.4, 0.5) is 13.2 Å². The zero-order valence-electron chi connectivity index (χ0n) is 12.7. The van der Waals surface area contributed by atoms with Crippen LogP contribution in [0.5, 0.6) is 0 Å². The smallest absolute Gasteiger partial charge is 0.260 e. The van der Waals surface area contributed by atoms with Gasteiger partial charge in [0.05, 0.1) is 13.2 Å². The fourth-order valence-corrected chi connectivity index (χ4v) is 3.56. The first-order valence-electron chi connectivity index (χ1n) is 7.67. The minimum absolute atomic E-state index is 0.193. The summed E-state index contributed by atoms with van der Waals surface area (Å²) in [6.45, 7) is 0.932. The Morgan fingerprint density at radius 1 is 1.08 bits per heavy atom. The zero-order valence-corrected chi connectivity index (χ0v) is 12.7. The summed E-state index contributed by atoms with van der Waals surface area (Å²) in [6.07, 6.45) is 0.536. The molecule has 1 saturated heterocycles. The fourth-order valence-electron chi connectivity index (χ4n) is 3.56. The first-order valence-corrected chi connectivity index (χ1v) is 7.67. The van der Waals surface area contributed by atoms with Crippen LogP contribution in [0.15, 0.2) is 36.4 Å². The molecule has 2 aliphatic rings. The summed E-state index contributed by atoms with van der Waals surface area (Å²) in [5, 5.41) is 0. The Morgan fingerprint density at radius 3 is 2.67 bits per heavy atom. The van der Waals surface area contributed by atoms with Crippen molar-refractivity contribution in [2.45, 2.75) is 18.6 Å². The molecule has 2 aliphatic heterocycles. The van der Waals surface area contributed by atoms with E-state index >= 15 is 0 Å². The monoisotopic (exact) mass is 333 g/mol. The quantitative estimate of drug-likeness (QED) is 0.749. The van der Waals surface area contributed by atoms with Crippen LogP contribution in [0.25, 0.3) is 0 Å². The fraction of sp³-hybridized carbons (Fsp3) is 0.278. The highest BCUT2D eigenvalue weighted by atomic mass is 19.2. The molecule has 0 aliphatic carbocycles. The van der Waals surface area contributed by atoms with Gasteiger partial charge in [-0.15, -0.1) is 0 Å². The van der Waals surface area contributed by atoms with Gasteiger partial charge in [-0.3, -0.25) is 4.79 Å². The summed E-state index contributed by atoms with van der Waals surface area (Å²) in [5.41, 5.74) is 0.556. The van der Waals surface area contributed by atoms with Gasteiger partial charge in [-0.1, -0.05) is 24.3 Å². The Balaban J connectivity index is 1.65. The molecule has 2 heterocycles. The van der Waals surface area contributed by atoms with E-state index in [2.05, 4.69) is 0 Å². The molecule has 24 heavy (non-hydrogen) atoms. The number of halogens is 3. The van der Waals surface area contributed by atoms with Crippen LogP contribution in [-0.2, 0) is 16.9 Å². The van der Waals surface area contributed by atoms with Gasteiger partial charge in [-0.2, -0.15) is 0 Å². The second-order valence-corrected chi connectivity index (χ2v) is 6.14. The molecule has 3 nitrogen and oxygen atoms in total. The molecule has 1 unspecified atom stereocenters. The maximum absolute atomic E-state index is 13.9. The van der Waals surface area contributed by atoms with Crippen LogP contribution in [-0.4, -0.2) is 23.9 Å². The van der Waals surface area contributed by atoms with Crippen molar-refractivity contribution >= 4 is 5.91 Å². The predicted molar refractivity (Wildman–Crippen MR) is 79.7 cm³/mol. The number of likely N-dealkylation sites (tertiary alicyclic amines) is 1. The van der Waals surface area contributed by atoms with Crippen molar-refractivity contribution in [3.63, 3.8) is 0 Å². The molecule has 0 bridgehead atoms. The molecule has 6 heteroatoms. The Kier molecular flexibility index (Phi) is 3.38. The van der Waals surface area contributed by atoms with Crippen molar-refractivity contribution in [1.29, 1.82) is 0 Å². The first kappa shape index (κ1) is 15.2. The third-order valence-electron chi connectivity index (χ3n) is 4.79. The molecule has 4 rings (SSSR count). The van der Waals surface area contributed by atoms with E-state index < -0.39 is 34.5 Å². The van der Waals surface area contributed by atoms with E-state index in [1.165, 1.54) is 4.90 Å². The van der Waals surface area contributed by atoms with Gasteiger partial charge in [0.1, 0.15) is 17.0 Å². The van der Waals surface area contributed by atoms with Crippen LogP contribution in [0.3, 0.4) is 0 Å². The Morgan fingerprint density at radius 2 is 1.83 bits per heavy atom. The highest BCUT2D eigenvalue weighted by Gasteiger charge is 2.47. The number of carbonyl (C=O) groups is 1. The molecule has 2 aromatic rings. The lowest BCUT2D eigenvalue weighted by Crippen LogP contribution is -2.35. The minimum atomic E-state index is -1.45. The maximum Gasteiger partial charge on any atom is 0.260 e. The SMILES string of the molecule is O=C(c1c(F)ccc(F)c1F)N1CCC2(C1)OCc1ccccc12. The molecule has 1 amide bonds. The molecule has 1 spiro atoms. The number of ether oxygens (including phenoxy) is 1. The van der Waals surface area contributed by atoms with E-state index in [4.69, 9.17) is 4.74 Å². The van der Waals surface area contributed by atoms with Gasteiger partial charge in [0, 0.05) is 6.54 Å². The van der Waals surface area contributed by atoms with Crippen molar-refractivity contribution < 1.29 is 22.7 Å². The molecule has 0 saturated carbocycles. The Labute approximate surface area is 136 Å². The molecule has 0 aromatic heterocycles. The third-order valence-corrected chi connectivity index (χ3v) is 4.79. The maximum atomic E-state index is 13.9. The summed E-state index contributed by atoms with van der Waals surface area (Å²) < 4.78 is 47.0. The van der Waals surface area contributed by atoms with E-state index in [1.807, 2.05) is 24.3 Å². The molecular weight excluding hydrogens is 319 g/mol. The van der Waals surface area contributed by atoms with Crippen LogP contribution >= 0.6 is 0 Å². The van der Waals surface area contributed by atoms with Gasteiger partial charge >= 0.3 is 0 Å². The summed E-state index contributed by atoms with van der Waals surface area (Å²) >= 11 is 0. The van der Waals surface area contributed by atoms with Crippen LogP contribution < -0.4 is 0 Å². The number of benzene rings is 2. The van der Waals surface area contributed by atoms with Crippen LogP contribution in [0.2, 0.25) is 0 Å². The Hall–Kier alpha value is -2.34. The van der Waals surface area contributed by atoms with Crippen molar-refractivity contribution in [2.24, 2.45) is 0 Å². The van der Waals surface area contributed by atoms with E-state index in [9.17, 15) is 18.0 Å². The molecular formula is C18H14F3NO2. The van der Waals surface area contributed by atoms with Gasteiger partial charge < -0.3 is 9.64 Å². The van der Waals surface area contributed by atoms with E-state index in [-0.39, 0.29) is 6.54 Å². The van der Waals surface area contributed by atoms with Crippen molar-refractivity contribution in [3.05, 3.63) is 70.5 Å². The van der Waals surface area contributed by atoms with Gasteiger partial charge in [0.25, 0.3) is 5.91 Å². The van der Waals surface area contributed by atoms with Crippen LogP contribution in [0.1, 0.15) is 27.9 Å². The number of amides is 1. The predicted octanol–water partition coefficient (Wildman–Crippen LogP) is 3.38. The number of hydrogen-bond donors (Lipinski definition) is 0. The third kappa shape index (κ3) is 2.13. The molecule has 0 radical (unpaired) electrons. The second kappa shape index (κ2) is 5.34. The minimum Gasteiger partial charge on any atom is -0.364 e. The zero-order chi connectivity index (χ0) is 16.9. The molecule has 2 aromatic carbocycles. The van der Waals surface area contributed by atoms with E-state index in [0.29, 0.717) is 25.6 Å². The molecule has 0 N–H and O–H groups in total. The highest BCUT2D eigenvalue weighted by Crippen LogP contribution is 2.43. The van der Waals surface area contributed by atoms with Crippen LogP contribution in [0, 0.1) is 17.5 Å². The van der Waals surface area contributed by atoms with Gasteiger partial charge in [-0.05, 0) is 29.7 Å². The van der Waals surface area contributed by atoms with Gasteiger partial charge in [0.2, 0.25) is 0 Å². The van der Waals surface area contributed by atoms with E-state index in [0.717, 1.165) is 17.2 Å². The summed E-state index contributed by atoms with van der Waals surface area (Å²) in [7, 11) is 0. The number of fused-ring (bicyclic) bond motifs is 2. The van der Waals surface area contributed by atoms with Gasteiger partial charge in [-0.25, -0.2) is 13.2 Å². The summed E-state index contributed by atoms with van der Waals surface area (Å²) in [5.74, 6) is -4.60. The average Bonchev–Trinajstić information content (AvgIpc) is 3.18. The lowest BCUT2D eigenvalue weighted by atomic mass is 9.92. The Bertz CT molecular complexity index is 839. The van der Waals surface area contributed by atoms with Crippen molar-refractivity contribution in [2.75, 3.05) is 13.1 Å².